The molecule has 8 heteroatoms. The second-order valence-corrected chi connectivity index (χ2v) is 4.15. The Labute approximate surface area is 98.1 Å². The lowest BCUT2D eigenvalue weighted by molar-refractivity contribution is -0.148. The van der Waals surface area contributed by atoms with Crippen LogP contribution in [0.5, 0.6) is 0 Å². The van der Waals surface area contributed by atoms with Gasteiger partial charge in [-0.05, 0) is 20.8 Å². The highest BCUT2D eigenvalue weighted by Gasteiger charge is 2.22. The number of hydrogen-bond donors (Lipinski definition) is 3. The molecule has 0 saturated heterocycles. The topological polar surface area (TPSA) is 116 Å². The first kappa shape index (κ1) is 15.2. The summed E-state index contributed by atoms with van der Waals surface area (Å²) in [6, 6.07) is 0. The van der Waals surface area contributed by atoms with E-state index in [0.29, 0.717) is 5.01 Å². The number of hydrogen-bond acceptors (Lipinski definition) is 5. The van der Waals surface area contributed by atoms with Crippen molar-refractivity contribution < 1.29 is 29.3 Å². The van der Waals surface area contributed by atoms with E-state index in [0.717, 1.165) is 0 Å². The van der Waals surface area contributed by atoms with Gasteiger partial charge in [-0.15, -0.1) is 0 Å². The molecule has 0 heterocycles. The summed E-state index contributed by atoms with van der Waals surface area (Å²) < 4.78 is 4.83. The van der Waals surface area contributed by atoms with Gasteiger partial charge in [-0.1, -0.05) is 0 Å². The molecular formula is C9H16N2O6. The highest BCUT2D eigenvalue weighted by Crippen LogP contribution is 2.06. The van der Waals surface area contributed by atoms with Gasteiger partial charge in [0, 0.05) is 0 Å². The third-order valence-corrected chi connectivity index (χ3v) is 1.35. The molecule has 0 bridgehead atoms. The summed E-state index contributed by atoms with van der Waals surface area (Å²) in [6.45, 7) is 3.16. The monoisotopic (exact) mass is 248 g/mol. The molecule has 0 radical (unpaired) electrons. The minimum atomic E-state index is -1.33. The molecule has 0 rings (SSSR count). The number of nitrogens with one attached hydrogen (secondary N) is 1. The SMILES string of the molecule is CC(C)(C)OC(=O)NN(CC(=O)O)C(=O)CO. The molecule has 17 heavy (non-hydrogen) atoms. The number of nitrogens with zero attached hydrogens (tertiary/aromatic N) is 1. The number of carbonyl (C=O) groups excluding carboxylic acids is 2. The van der Waals surface area contributed by atoms with Crippen molar-refractivity contribution in [3.05, 3.63) is 0 Å². The van der Waals surface area contributed by atoms with E-state index in [1.54, 1.807) is 20.8 Å². The molecule has 0 aliphatic heterocycles. The first-order valence-electron chi connectivity index (χ1n) is 4.78. The van der Waals surface area contributed by atoms with Gasteiger partial charge >= 0.3 is 12.1 Å². The molecule has 0 atom stereocenters. The number of ether oxygens (including phenoxy) is 1. The maximum Gasteiger partial charge on any atom is 0.426 e. The van der Waals surface area contributed by atoms with Crippen LogP contribution in [0.25, 0.3) is 0 Å². The molecule has 0 aromatic heterocycles. The van der Waals surface area contributed by atoms with Crippen LogP contribution in [0.1, 0.15) is 20.8 Å². The number of carbonyl (C=O) groups is 3. The summed E-state index contributed by atoms with van der Waals surface area (Å²) in [7, 11) is 0. The molecule has 0 unspecified atom stereocenters. The zero-order chi connectivity index (χ0) is 13.6. The van der Waals surface area contributed by atoms with Crippen LogP contribution in [0.4, 0.5) is 4.79 Å². The smallest absolute Gasteiger partial charge is 0.426 e. The van der Waals surface area contributed by atoms with Gasteiger partial charge in [0.05, 0.1) is 0 Å². The lowest BCUT2D eigenvalue weighted by atomic mass is 10.2. The zero-order valence-corrected chi connectivity index (χ0v) is 9.89. The molecule has 98 valence electrons. The predicted molar refractivity (Wildman–Crippen MR) is 55.8 cm³/mol. The number of amides is 2. The van der Waals surface area contributed by atoms with Gasteiger partial charge in [0.25, 0.3) is 5.91 Å². The van der Waals surface area contributed by atoms with Crippen molar-refractivity contribution in [3.8, 4) is 0 Å². The Bertz CT molecular complexity index is 309. The van der Waals surface area contributed by atoms with Crippen LogP contribution in [-0.4, -0.2) is 51.9 Å². The number of aliphatic hydroxyl groups excluding tert-OH is 1. The Balaban J connectivity index is 4.48. The highest BCUT2D eigenvalue weighted by atomic mass is 16.6. The molecule has 0 saturated carbocycles. The highest BCUT2D eigenvalue weighted by molar-refractivity contribution is 5.84. The van der Waals surface area contributed by atoms with Crippen molar-refractivity contribution in [3.63, 3.8) is 0 Å². The lowest BCUT2D eigenvalue weighted by Gasteiger charge is -2.24. The van der Waals surface area contributed by atoms with E-state index in [9.17, 15) is 14.4 Å². The largest absolute Gasteiger partial charge is 0.480 e. The van der Waals surface area contributed by atoms with Crippen LogP contribution in [0, 0.1) is 0 Å². The molecule has 8 nitrogen and oxygen atoms in total. The fourth-order valence-corrected chi connectivity index (χ4v) is 0.822. The summed E-state index contributed by atoms with van der Waals surface area (Å²) in [4.78, 5) is 32.8. The summed E-state index contributed by atoms with van der Waals surface area (Å²) >= 11 is 0. The molecule has 0 aliphatic rings. The van der Waals surface area contributed by atoms with Crippen LogP contribution < -0.4 is 5.43 Å². The standard InChI is InChI=1S/C9H16N2O6/c1-9(2,3)17-8(16)10-11(4-7(14)15)6(13)5-12/h12H,4-5H2,1-3H3,(H,10,16)(H,14,15). The van der Waals surface area contributed by atoms with Crippen LogP contribution in [0.15, 0.2) is 0 Å². The minimum Gasteiger partial charge on any atom is -0.480 e. The van der Waals surface area contributed by atoms with Gasteiger partial charge in [-0.25, -0.2) is 15.2 Å². The zero-order valence-electron chi connectivity index (χ0n) is 9.89. The molecule has 3 N–H and O–H groups in total. The number of carboxylic acids is 1. The average molecular weight is 248 g/mol. The first-order chi connectivity index (χ1) is 7.65. The number of rotatable bonds is 3. The van der Waals surface area contributed by atoms with Gasteiger partial charge in [-0.3, -0.25) is 9.59 Å². The van der Waals surface area contributed by atoms with E-state index in [1.807, 2.05) is 5.43 Å². The second-order valence-electron chi connectivity index (χ2n) is 4.15. The Hall–Kier alpha value is -1.83. The van der Waals surface area contributed by atoms with Crippen molar-refractivity contribution in [2.75, 3.05) is 13.2 Å². The maximum absolute atomic E-state index is 11.3. The number of hydrazine groups is 1. The van der Waals surface area contributed by atoms with Crippen molar-refractivity contribution in [2.45, 2.75) is 26.4 Å². The summed E-state index contributed by atoms with van der Waals surface area (Å²) in [6.07, 6.45) is -0.972. The van der Waals surface area contributed by atoms with Crippen LogP contribution in [0.2, 0.25) is 0 Å². The quantitative estimate of drug-likeness (QED) is 0.570. The van der Waals surface area contributed by atoms with E-state index in [4.69, 9.17) is 14.9 Å². The van der Waals surface area contributed by atoms with E-state index >= 15 is 0 Å². The van der Waals surface area contributed by atoms with Gasteiger partial charge < -0.3 is 14.9 Å². The number of aliphatic carboxylic acids is 1. The maximum atomic E-state index is 11.3. The Morgan fingerprint density at radius 1 is 1.29 bits per heavy atom. The average Bonchev–Trinajstić information content (AvgIpc) is 2.11. The van der Waals surface area contributed by atoms with E-state index in [1.165, 1.54) is 0 Å². The summed E-state index contributed by atoms with van der Waals surface area (Å²) in [5.74, 6) is -2.28. The second kappa shape index (κ2) is 6.04. The van der Waals surface area contributed by atoms with E-state index in [2.05, 4.69) is 0 Å². The molecule has 0 aromatic carbocycles. The Morgan fingerprint density at radius 3 is 2.18 bits per heavy atom. The minimum absolute atomic E-state index is 0.469. The van der Waals surface area contributed by atoms with Gasteiger partial charge in [0.2, 0.25) is 0 Å². The molecule has 0 fully saturated rings. The normalized spacial score (nSPS) is 10.6. The Morgan fingerprint density at radius 2 is 1.82 bits per heavy atom. The van der Waals surface area contributed by atoms with Crippen molar-refractivity contribution in [1.29, 1.82) is 0 Å². The molecule has 0 spiro atoms. The third-order valence-electron chi connectivity index (χ3n) is 1.35. The van der Waals surface area contributed by atoms with Crippen LogP contribution in [-0.2, 0) is 14.3 Å². The molecule has 0 aromatic rings. The van der Waals surface area contributed by atoms with E-state index in [-0.39, 0.29) is 0 Å². The van der Waals surface area contributed by atoms with Crippen LogP contribution >= 0.6 is 0 Å². The third kappa shape index (κ3) is 7.12. The number of carboxylic acid groups (broad SMARTS) is 1. The van der Waals surface area contributed by atoms with Crippen molar-refractivity contribution in [1.82, 2.24) is 10.4 Å². The van der Waals surface area contributed by atoms with Gasteiger partial charge in [0.1, 0.15) is 18.8 Å². The lowest BCUT2D eigenvalue weighted by Crippen LogP contribution is -2.51. The van der Waals surface area contributed by atoms with Crippen LogP contribution in [0.3, 0.4) is 0 Å². The fourth-order valence-electron chi connectivity index (χ4n) is 0.822. The molecular weight excluding hydrogens is 232 g/mol. The first-order valence-corrected chi connectivity index (χ1v) is 4.78. The summed E-state index contributed by atoms with van der Waals surface area (Å²) in [5, 5.41) is 17.6. The summed E-state index contributed by atoms with van der Waals surface area (Å²) in [5.41, 5.74) is 1.16. The number of aliphatic hydroxyl groups is 1. The Kier molecular flexibility index (Phi) is 5.39. The van der Waals surface area contributed by atoms with Crippen molar-refractivity contribution in [2.24, 2.45) is 0 Å². The van der Waals surface area contributed by atoms with E-state index < -0.39 is 36.7 Å². The fraction of sp³-hybridized carbons (Fsp3) is 0.667. The molecule has 2 amide bonds. The van der Waals surface area contributed by atoms with Crippen molar-refractivity contribution >= 4 is 18.0 Å². The predicted octanol–water partition coefficient (Wildman–Crippen LogP) is -0.668. The molecule has 0 aliphatic carbocycles. The van der Waals surface area contributed by atoms with Gasteiger partial charge in [0.15, 0.2) is 0 Å². The van der Waals surface area contributed by atoms with Gasteiger partial charge in [-0.2, -0.15) is 0 Å².